The topological polar surface area (TPSA) is 206 Å². The van der Waals surface area contributed by atoms with Crippen molar-refractivity contribution >= 4 is 34.8 Å². The third-order valence-corrected chi connectivity index (χ3v) is 7.99. The summed E-state index contributed by atoms with van der Waals surface area (Å²) in [5.41, 5.74) is 2.32. The highest BCUT2D eigenvalue weighted by molar-refractivity contribution is 6.25. The van der Waals surface area contributed by atoms with Crippen LogP contribution in [0, 0.1) is 11.8 Å². The number of nitrogens with two attached hydrogens (primary N) is 1. The van der Waals surface area contributed by atoms with E-state index in [0.29, 0.717) is 17.8 Å². The number of anilines is 2. The van der Waals surface area contributed by atoms with Crippen LogP contribution in [0.5, 0.6) is 5.75 Å². The SMILES string of the molecule is CCNCC(=O)Nc1cc(N(C)C)c2c(c1O)C(=O)C1=C(O)[C@]3(O)C(=O)C(C(N)=O)=C(O)[C@@H](N(C)C)C3CC1C2. The summed E-state index contributed by atoms with van der Waals surface area (Å²) in [5, 5.41) is 50.6. The van der Waals surface area contributed by atoms with Crippen LogP contribution in [0.4, 0.5) is 11.4 Å². The largest absolute Gasteiger partial charge is 0.510 e. The number of likely N-dealkylation sites (N-methyl/N-ethyl adjacent to an activating group) is 2. The van der Waals surface area contributed by atoms with E-state index in [1.54, 1.807) is 39.2 Å². The molecule has 0 fully saturated rings. The minimum atomic E-state index is -2.72. The van der Waals surface area contributed by atoms with Gasteiger partial charge in [-0.05, 0) is 51.0 Å². The Hall–Kier alpha value is -3.94. The number of hydrogen-bond acceptors (Lipinski definition) is 11. The first-order valence-corrected chi connectivity index (χ1v) is 12.9. The number of rotatable bonds is 7. The first-order valence-electron chi connectivity index (χ1n) is 12.9. The van der Waals surface area contributed by atoms with Crippen molar-refractivity contribution in [1.29, 1.82) is 0 Å². The van der Waals surface area contributed by atoms with Crippen LogP contribution >= 0.6 is 0 Å². The molecule has 40 heavy (non-hydrogen) atoms. The average Bonchev–Trinajstić information content (AvgIpc) is 2.85. The van der Waals surface area contributed by atoms with Crippen LogP contribution in [-0.2, 0) is 20.8 Å². The van der Waals surface area contributed by atoms with E-state index >= 15 is 0 Å². The molecule has 1 aromatic carbocycles. The second kappa shape index (κ2) is 10.2. The lowest BCUT2D eigenvalue weighted by molar-refractivity contribution is -0.148. The number of Topliss-reactive ketones (excluding diaryl/α,β-unsaturated/α-hetero) is 2. The summed E-state index contributed by atoms with van der Waals surface area (Å²) in [4.78, 5) is 55.1. The van der Waals surface area contributed by atoms with Crippen molar-refractivity contribution in [3.63, 3.8) is 0 Å². The number of nitrogens with zero attached hydrogens (tertiary/aromatic N) is 2. The minimum absolute atomic E-state index is 0.0133. The molecule has 0 saturated heterocycles. The van der Waals surface area contributed by atoms with Gasteiger partial charge in [0.25, 0.3) is 5.91 Å². The number of allylic oxidation sites excluding steroid dienone is 1. The highest BCUT2D eigenvalue weighted by Crippen LogP contribution is 2.53. The number of hydrogen-bond donors (Lipinski definition) is 7. The van der Waals surface area contributed by atoms with Crippen LogP contribution in [-0.4, -0.2) is 102 Å². The van der Waals surface area contributed by atoms with Crippen molar-refractivity contribution < 1.29 is 39.6 Å². The molecule has 0 spiro atoms. The van der Waals surface area contributed by atoms with Gasteiger partial charge in [-0.3, -0.25) is 24.1 Å². The van der Waals surface area contributed by atoms with Crippen molar-refractivity contribution in [3.8, 4) is 5.75 Å². The molecule has 0 heterocycles. The summed E-state index contributed by atoms with van der Waals surface area (Å²) < 4.78 is 0. The van der Waals surface area contributed by atoms with Gasteiger partial charge in [0, 0.05) is 31.3 Å². The maximum absolute atomic E-state index is 14.0. The van der Waals surface area contributed by atoms with Gasteiger partial charge in [-0.2, -0.15) is 0 Å². The van der Waals surface area contributed by atoms with Gasteiger partial charge in [0.1, 0.15) is 17.1 Å². The Labute approximate surface area is 230 Å². The van der Waals surface area contributed by atoms with Crippen LogP contribution in [0.2, 0.25) is 0 Å². The van der Waals surface area contributed by atoms with Crippen molar-refractivity contribution in [2.75, 3.05) is 51.5 Å². The zero-order chi connectivity index (χ0) is 29.8. The molecule has 0 aromatic heterocycles. The van der Waals surface area contributed by atoms with Crippen LogP contribution in [0.15, 0.2) is 28.7 Å². The van der Waals surface area contributed by atoms with Gasteiger partial charge in [0.05, 0.1) is 23.8 Å². The van der Waals surface area contributed by atoms with Gasteiger partial charge in [-0.25, -0.2) is 0 Å². The lowest BCUT2D eigenvalue weighted by atomic mass is 9.58. The smallest absolute Gasteiger partial charge is 0.255 e. The Bertz CT molecular complexity index is 1380. The van der Waals surface area contributed by atoms with Gasteiger partial charge in [0.15, 0.2) is 17.1 Å². The molecule has 8 N–H and O–H groups in total. The zero-order valence-corrected chi connectivity index (χ0v) is 23.0. The number of fused-ring (bicyclic) bond motifs is 3. The third-order valence-electron chi connectivity index (χ3n) is 7.99. The van der Waals surface area contributed by atoms with Crippen LogP contribution < -0.4 is 21.3 Å². The molecule has 0 radical (unpaired) electrons. The van der Waals surface area contributed by atoms with E-state index in [1.165, 1.54) is 4.90 Å². The Kier molecular flexibility index (Phi) is 7.43. The number of amides is 2. The van der Waals surface area contributed by atoms with E-state index in [9.17, 15) is 39.6 Å². The summed E-state index contributed by atoms with van der Waals surface area (Å²) >= 11 is 0. The number of phenols is 1. The Balaban J connectivity index is 1.92. The number of phenolic OH excluding ortho intramolecular Hbond substituents is 1. The van der Waals surface area contributed by atoms with Crippen molar-refractivity contribution in [3.05, 3.63) is 39.9 Å². The fourth-order valence-electron chi connectivity index (χ4n) is 6.23. The Morgan fingerprint density at radius 2 is 1.80 bits per heavy atom. The zero-order valence-electron chi connectivity index (χ0n) is 23.0. The molecule has 0 saturated carbocycles. The summed E-state index contributed by atoms with van der Waals surface area (Å²) in [7, 11) is 6.61. The highest BCUT2D eigenvalue weighted by atomic mass is 16.3. The van der Waals surface area contributed by atoms with E-state index in [2.05, 4.69) is 10.6 Å². The summed E-state index contributed by atoms with van der Waals surface area (Å²) in [6.45, 7) is 2.34. The van der Waals surface area contributed by atoms with E-state index in [4.69, 9.17) is 5.73 Å². The van der Waals surface area contributed by atoms with Gasteiger partial charge < -0.3 is 41.7 Å². The van der Waals surface area contributed by atoms with E-state index in [1.807, 2.05) is 6.92 Å². The maximum atomic E-state index is 14.0. The van der Waals surface area contributed by atoms with Crippen LogP contribution in [0.25, 0.3) is 0 Å². The Morgan fingerprint density at radius 1 is 1.15 bits per heavy atom. The maximum Gasteiger partial charge on any atom is 0.255 e. The first-order chi connectivity index (χ1) is 18.7. The number of primary amides is 1. The predicted octanol–water partition coefficient (Wildman–Crippen LogP) is -0.265. The Morgan fingerprint density at radius 3 is 2.35 bits per heavy atom. The lowest BCUT2D eigenvalue weighted by Crippen LogP contribution is -2.63. The molecule has 0 bridgehead atoms. The van der Waals surface area contributed by atoms with Crippen molar-refractivity contribution in [2.24, 2.45) is 17.6 Å². The molecule has 1 aromatic rings. The molecule has 216 valence electrons. The molecule has 3 aliphatic rings. The molecular weight excluding hydrogens is 522 g/mol. The minimum Gasteiger partial charge on any atom is -0.510 e. The molecule has 13 heteroatoms. The molecule has 0 aliphatic heterocycles. The van der Waals surface area contributed by atoms with Crippen LogP contribution in [0.3, 0.4) is 0 Å². The quantitative estimate of drug-likeness (QED) is 0.172. The second-order valence-corrected chi connectivity index (χ2v) is 10.8. The van der Waals surface area contributed by atoms with Crippen LogP contribution in [0.1, 0.15) is 29.3 Å². The van der Waals surface area contributed by atoms with E-state index in [0.717, 1.165) is 0 Å². The molecule has 2 unspecified atom stereocenters. The van der Waals surface area contributed by atoms with Crippen molar-refractivity contribution in [1.82, 2.24) is 10.2 Å². The van der Waals surface area contributed by atoms with Gasteiger partial charge in [0.2, 0.25) is 11.7 Å². The van der Waals surface area contributed by atoms with Gasteiger partial charge in [-0.1, -0.05) is 6.92 Å². The molecule has 3 aliphatic carbocycles. The number of ketones is 2. The van der Waals surface area contributed by atoms with E-state index < -0.39 is 69.7 Å². The normalized spacial score (nSPS) is 25.9. The summed E-state index contributed by atoms with van der Waals surface area (Å²) in [6.07, 6.45) is 0.127. The second-order valence-electron chi connectivity index (χ2n) is 10.8. The molecule has 2 amide bonds. The fraction of sp³-hybridized carbons (Fsp3) is 0.481. The molecule has 4 atom stereocenters. The first kappa shape index (κ1) is 29.1. The summed E-state index contributed by atoms with van der Waals surface area (Å²) in [5.74, 6) is -7.75. The standard InChI is InChI=1S/C27H35N5O8/c1-6-29-10-16(33)30-14-9-15(31(2)3)12-7-11-8-13-20(32(4)5)23(36)19(26(28)39)25(38)27(13,40)24(37)17(11)22(35)18(12)21(14)34/h9,11,13,20,29,34,36-37,40H,6-8,10H2,1-5H3,(H2,28,39)(H,30,33)/t11?,13?,20-,27-/m0/s1. The molecule has 4 rings (SSSR count). The van der Waals surface area contributed by atoms with Gasteiger partial charge >= 0.3 is 0 Å². The average molecular weight is 558 g/mol. The lowest BCUT2D eigenvalue weighted by Gasteiger charge is -2.50. The monoisotopic (exact) mass is 557 g/mol. The summed E-state index contributed by atoms with van der Waals surface area (Å²) in [6, 6.07) is 0.487. The number of carbonyl (C=O) groups excluding carboxylic acids is 4. The predicted molar refractivity (Wildman–Crippen MR) is 145 cm³/mol. The number of aliphatic hydroxyl groups excluding tert-OH is 2. The number of aliphatic hydroxyl groups is 3. The third kappa shape index (κ3) is 4.21. The fourth-order valence-corrected chi connectivity index (χ4v) is 6.23. The van der Waals surface area contributed by atoms with E-state index in [-0.39, 0.29) is 36.2 Å². The van der Waals surface area contributed by atoms with Gasteiger partial charge in [-0.15, -0.1) is 0 Å². The molecular formula is C27H35N5O8. The van der Waals surface area contributed by atoms with Crippen molar-refractivity contribution in [2.45, 2.75) is 31.4 Å². The molecule has 13 nitrogen and oxygen atoms in total. The number of benzene rings is 1. The number of carbonyl (C=O) groups is 4. The highest BCUT2D eigenvalue weighted by Gasteiger charge is 2.63. The number of nitrogens with one attached hydrogen (secondary N) is 2. The number of aromatic hydroxyl groups is 1.